The number of rotatable bonds is 2. The van der Waals surface area contributed by atoms with Gasteiger partial charge in [-0.25, -0.2) is 9.97 Å². The first-order chi connectivity index (χ1) is 11.8. The van der Waals surface area contributed by atoms with Gasteiger partial charge in [-0.05, 0) is 24.3 Å². The zero-order chi connectivity index (χ0) is 16.5. The van der Waals surface area contributed by atoms with E-state index in [-0.39, 0.29) is 11.5 Å². The van der Waals surface area contributed by atoms with Crippen molar-refractivity contribution < 1.29 is 4.79 Å². The second-order valence-corrected chi connectivity index (χ2v) is 5.23. The average Bonchev–Trinajstić information content (AvgIpc) is 3.16. The summed E-state index contributed by atoms with van der Waals surface area (Å²) >= 11 is 0. The summed E-state index contributed by atoms with van der Waals surface area (Å²) in [5.41, 5.74) is 1.29. The van der Waals surface area contributed by atoms with E-state index < -0.39 is 0 Å². The van der Waals surface area contributed by atoms with Crippen molar-refractivity contribution in [2.24, 2.45) is 0 Å². The fourth-order valence-corrected chi connectivity index (χ4v) is 2.62. The monoisotopic (exact) mass is 316 g/mol. The minimum Gasteiger partial charge on any atom is -0.272 e. The van der Waals surface area contributed by atoms with Crippen molar-refractivity contribution in [2.75, 3.05) is 0 Å². The summed E-state index contributed by atoms with van der Waals surface area (Å²) in [5, 5.41) is 0.505. The maximum absolute atomic E-state index is 12.8. The van der Waals surface area contributed by atoms with Gasteiger partial charge in [0.1, 0.15) is 12.7 Å². The zero-order valence-electron chi connectivity index (χ0n) is 12.5. The quantitative estimate of drug-likeness (QED) is 0.569. The fourth-order valence-electron chi connectivity index (χ4n) is 2.62. The predicted octanol–water partition coefficient (Wildman–Crippen LogP) is 2.27. The van der Waals surface area contributed by atoms with E-state index in [1.807, 2.05) is 6.07 Å². The van der Waals surface area contributed by atoms with Gasteiger partial charge < -0.3 is 0 Å². The third-order valence-corrected chi connectivity index (χ3v) is 3.80. The lowest BCUT2D eigenvalue weighted by Gasteiger charge is -2.11. The number of para-hydroxylation sites is 2. The molecule has 0 aliphatic rings. The molecule has 0 saturated carbocycles. The number of aromatic nitrogens is 4. The van der Waals surface area contributed by atoms with Crippen LogP contribution in [0.2, 0.25) is 0 Å². The van der Waals surface area contributed by atoms with Crippen molar-refractivity contribution in [3.05, 3.63) is 89.5 Å². The maximum atomic E-state index is 12.8. The van der Waals surface area contributed by atoms with Crippen molar-refractivity contribution in [3.8, 4) is 5.69 Å². The van der Waals surface area contributed by atoms with Gasteiger partial charge in [-0.15, -0.1) is 0 Å². The largest absolute Gasteiger partial charge is 0.272 e. The van der Waals surface area contributed by atoms with Gasteiger partial charge in [0, 0.05) is 12.4 Å². The van der Waals surface area contributed by atoms with Crippen LogP contribution >= 0.6 is 0 Å². The molecule has 0 amide bonds. The molecule has 24 heavy (non-hydrogen) atoms. The van der Waals surface area contributed by atoms with Crippen LogP contribution in [0.1, 0.15) is 10.4 Å². The smallest absolute Gasteiger partial charge is 0.265 e. The van der Waals surface area contributed by atoms with E-state index in [4.69, 9.17) is 0 Å². The van der Waals surface area contributed by atoms with E-state index in [2.05, 4.69) is 9.97 Å². The minimum absolute atomic E-state index is 0.216. The van der Waals surface area contributed by atoms with Crippen LogP contribution in [0.15, 0.2) is 78.4 Å². The lowest BCUT2D eigenvalue weighted by atomic mass is 10.1. The Bertz CT molecular complexity index is 1100. The molecule has 4 aromatic rings. The number of carbonyl (C=O) groups is 1. The molecule has 0 aliphatic carbocycles. The van der Waals surface area contributed by atoms with E-state index in [0.29, 0.717) is 22.2 Å². The Labute approximate surface area is 136 Å². The van der Waals surface area contributed by atoms with Crippen LogP contribution in [-0.4, -0.2) is 25.0 Å². The van der Waals surface area contributed by atoms with E-state index in [1.54, 1.807) is 48.7 Å². The first-order valence-corrected chi connectivity index (χ1v) is 7.34. The van der Waals surface area contributed by atoms with Gasteiger partial charge in [-0.1, -0.05) is 24.3 Å². The molecule has 0 bridgehead atoms. The van der Waals surface area contributed by atoms with Crippen LogP contribution in [0.4, 0.5) is 0 Å². The molecule has 0 N–H and O–H groups in total. The second kappa shape index (κ2) is 5.58. The molecule has 116 valence electrons. The van der Waals surface area contributed by atoms with Crippen molar-refractivity contribution in [3.63, 3.8) is 0 Å². The average molecular weight is 316 g/mol. The molecule has 4 rings (SSSR count). The molecule has 6 heteroatoms. The second-order valence-electron chi connectivity index (χ2n) is 5.23. The number of nitrogens with zero attached hydrogens (tertiary/aromatic N) is 4. The number of benzene rings is 2. The normalized spacial score (nSPS) is 10.8. The van der Waals surface area contributed by atoms with Crippen LogP contribution in [0.5, 0.6) is 0 Å². The first-order valence-electron chi connectivity index (χ1n) is 7.34. The molecule has 0 saturated heterocycles. The molecular formula is C18H12N4O2. The standard InChI is InChI=1S/C18H12N4O2/c23-17(21-10-9-19-11-21)14-6-2-4-8-16(14)22-12-20-15-7-3-1-5-13(15)18(22)24/h1-12H. The molecule has 2 heterocycles. The lowest BCUT2D eigenvalue weighted by molar-refractivity contribution is 0.0959. The summed E-state index contributed by atoms with van der Waals surface area (Å²) < 4.78 is 2.77. The van der Waals surface area contributed by atoms with E-state index in [1.165, 1.54) is 28.0 Å². The lowest BCUT2D eigenvalue weighted by Crippen LogP contribution is -2.22. The summed E-state index contributed by atoms with van der Waals surface area (Å²) in [7, 11) is 0. The van der Waals surface area contributed by atoms with Gasteiger partial charge in [0.05, 0.1) is 22.2 Å². The summed E-state index contributed by atoms with van der Waals surface area (Å²) in [6.07, 6.45) is 5.98. The molecule has 2 aromatic heterocycles. The third kappa shape index (κ3) is 2.21. The third-order valence-electron chi connectivity index (χ3n) is 3.80. The number of imidazole rings is 1. The summed E-state index contributed by atoms with van der Waals surface area (Å²) in [6.45, 7) is 0. The Morgan fingerprint density at radius 3 is 2.58 bits per heavy atom. The van der Waals surface area contributed by atoms with E-state index >= 15 is 0 Å². The first kappa shape index (κ1) is 14.1. The van der Waals surface area contributed by atoms with Gasteiger partial charge in [-0.2, -0.15) is 0 Å². The zero-order valence-corrected chi connectivity index (χ0v) is 12.5. The predicted molar refractivity (Wildman–Crippen MR) is 89.3 cm³/mol. The summed E-state index contributed by atoms with van der Waals surface area (Å²) in [4.78, 5) is 33.7. The number of fused-ring (bicyclic) bond motifs is 1. The van der Waals surface area contributed by atoms with Crippen molar-refractivity contribution in [2.45, 2.75) is 0 Å². The van der Waals surface area contributed by atoms with Crippen LogP contribution in [0.3, 0.4) is 0 Å². The van der Waals surface area contributed by atoms with Crippen molar-refractivity contribution in [1.29, 1.82) is 0 Å². The van der Waals surface area contributed by atoms with Gasteiger partial charge in [-0.3, -0.25) is 18.7 Å². The molecule has 2 aromatic carbocycles. The van der Waals surface area contributed by atoms with E-state index in [0.717, 1.165) is 0 Å². The molecule has 0 unspecified atom stereocenters. The SMILES string of the molecule is O=C(c1ccccc1-n1cnc2ccccc2c1=O)n1ccnc1. The molecule has 0 spiro atoms. The summed E-state index contributed by atoms with van der Waals surface area (Å²) in [5.74, 6) is -0.261. The highest BCUT2D eigenvalue weighted by molar-refractivity contribution is 5.99. The Morgan fingerprint density at radius 1 is 0.958 bits per heavy atom. The van der Waals surface area contributed by atoms with Gasteiger partial charge >= 0.3 is 0 Å². The van der Waals surface area contributed by atoms with E-state index in [9.17, 15) is 9.59 Å². The molecule has 0 atom stereocenters. The Hall–Kier alpha value is -3.54. The van der Waals surface area contributed by atoms with Crippen LogP contribution < -0.4 is 5.56 Å². The Kier molecular flexibility index (Phi) is 3.28. The van der Waals surface area contributed by atoms with Crippen LogP contribution in [0.25, 0.3) is 16.6 Å². The molecular weight excluding hydrogens is 304 g/mol. The summed E-state index contributed by atoms with van der Waals surface area (Å²) in [6, 6.07) is 14.1. The highest BCUT2D eigenvalue weighted by atomic mass is 16.2. The highest BCUT2D eigenvalue weighted by Gasteiger charge is 2.15. The van der Waals surface area contributed by atoms with Crippen molar-refractivity contribution in [1.82, 2.24) is 19.1 Å². The van der Waals surface area contributed by atoms with Gasteiger partial charge in [0.25, 0.3) is 11.5 Å². The molecule has 0 aliphatic heterocycles. The molecule has 0 fully saturated rings. The fraction of sp³-hybridized carbons (Fsp3) is 0. The van der Waals surface area contributed by atoms with Gasteiger partial charge in [0.15, 0.2) is 0 Å². The Morgan fingerprint density at radius 2 is 1.75 bits per heavy atom. The Balaban J connectivity index is 1.94. The topological polar surface area (TPSA) is 69.8 Å². The van der Waals surface area contributed by atoms with Crippen LogP contribution in [-0.2, 0) is 0 Å². The number of hydrogen-bond acceptors (Lipinski definition) is 4. The number of hydrogen-bond donors (Lipinski definition) is 0. The molecule has 0 radical (unpaired) electrons. The minimum atomic E-state index is -0.261. The highest BCUT2D eigenvalue weighted by Crippen LogP contribution is 2.15. The van der Waals surface area contributed by atoms with Crippen LogP contribution in [0, 0.1) is 0 Å². The maximum Gasteiger partial charge on any atom is 0.265 e. The van der Waals surface area contributed by atoms with Crippen molar-refractivity contribution >= 4 is 16.8 Å². The number of carbonyl (C=O) groups excluding carboxylic acids is 1. The molecule has 6 nitrogen and oxygen atoms in total. The van der Waals surface area contributed by atoms with Gasteiger partial charge in [0.2, 0.25) is 0 Å².